The number of rotatable bonds is 5. The zero-order valence-corrected chi connectivity index (χ0v) is 15.2. The van der Waals surface area contributed by atoms with E-state index in [4.69, 9.17) is 15.7 Å². The quantitative estimate of drug-likeness (QED) is 0.826. The number of cyclic esters (lactones) is 1. The molecule has 3 rings (SSSR count). The van der Waals surface area contributed by atoms with Crippen LogP contribution in [0.1, 0.15) is 18.5 Å². The molecular weight excluding hydrogens is 363 g/mol. The molecule has 0 radical (unpaired) electrons. The first kappa shape index (κ1) is 19.3. The molecule has 28 heavy (non-hydrogen) atoms. The van der Waals surface area contributed by atoms with E-state index in [0.717, 1.165) is 0 Å². The lowest BCUT2D eigenvalue weighted by molar-refractivity contribution is -0.119. The Morgan fingerprint density at radius 1 is 1.39 bits per heavy atom. The second-order valence-electron chi connectivity index (χ2n) is 6.45. The molecule has 8 heteroatoms. The third-order valence-electron chi connectivity index (χ3n) is 4.44. The molecule has 1 saturated heterocycles. The van der Waals surface area contributed by atoms with Gasteiger partial charge in [-0.05, 0) is 29.3 Å². The molecule has 0 aromatic heterocycles. The van der Waals surface area contributed by atoms with E-state index < -0.39 is 24.1 Å². The Morgan fingerprint density at radius 3 is 2.71 bits per heavy atom. The summed E-state index contributed by atoms with van der Waals surface area (Å²) in [6.07, 6.45) is -1.08. The largest absolute Gasteiger partial charge is 0.442 e. The van der Waals surface area contributed by atoms with Gasteiger partial charge in [-0.15, -0.1) is 0 Å². The molecule has 1 aliphatic heterocycles. The Bertz CT molecular complexity index is 939. The first-order chi connectivity index (χ1) is 13.4. The van der Waals surface area contributed by atoms with Gasteiger partial charge >= 0.3 is 6.09 Å². The molecule has 2 aromatic carbocycles. The summed E-state index contributed by atoms with van der Waals surface area (Å²) >= 11 is 0. The van der Waals surface area contributed by atoms with Crippen molar-refractivity contribution < 1.29 is 18.7 Å². The number of nitrogens with two attached hydrogens (primary N) is 1. The minimum absolute atomic E-state index is 0.204. The summed E-state index contributed by atoms with van der Waals surface area (Å²) in [6.45, 7) is 1.80. The van der Waals surface area contributed by atoms with Crippen LogP contribution in [0.2, 0.25) is 0 Å². The van der Waals surface area contributed by atoms with Crippen molar-refractivity contribution in [3.63, 3.8) is 0 Å². The minimum Gasteiger partial charge on any atom is -0.442 e. The summed E-state index contributed by atoms with van der Waals surface area (Å²) in [5, 5.41) is 11.4. The van der Waals surface area contributed by atoms with Gasteiger partial charge in [0.25, 0.3) is 0 Å². The van der Waals surface area contributed by atoms with Crippen LogP contribution in [0.15, 0.2) is 42.5 Å². The van der Waals surface area contributed by atoms with E-state index in [1.54, 1.807) is 36.4 Å². The van der Waals surface area contributed by atoms with Gasteiger partial charge in [-0.3, -0.25) is 9.69 Å². The Labute approximate surface area is 161 Å². The minimum atomic E-state index is -0.729. The number of carbonyl (C=O) groups excluding carboxylic acids is 2. The maximum Gasteiger partial charge on any atom is 0.414 e. The molecule has 2 aromatic rings. The van der Waals surface area contributed by atoms with Crippen molar-refractivity contribution in [3.8, 4) is 17.2 Å². The predicted molar refractivity (Wildman–Crippen MR) is 101 cm³/mol. The molecule has 1 fully saturated rings. The number of hydrogen-bond donors (Lipinski definition) is 2. The smallest absolute Gasteiger partial charge is 0.414 e. The van der Waals surface area contributed by atoms with Crippen LogP contribution < -0.4 is 16.0 Å². The van der Waals surface area contributed by atoms with E-state index in [0.29, 0.717) is 22.4 Å². The van der Waals surface area contributed by atoms with Crippen molar-refractivity contribution in [2.24, 2.45) is 5.73 Å². The maximum absolute atomic E-state index is 14.7. The lowest BCUT2D eigenvalue weighted by atomic mass is 10.0. The van der Waals surface area contributed by atoms with Gasteiger partial charge in [0.1, 0.15) is 18.0 Å². The van der Waals surface area contributed by atoms with Crippen LogP contribution in [0.25, 0.3) is 11.1 Å². The number of nitrogens with one attached hydrogen (secondary N) is 1. The molecule has 1 aliphatic rings. The monoisotopic (exact) mass is 382 g/mol. The van der Waals surface area contributed by atoms with Crippen molar-refractivity contribution in [2.45, 2.75) is 19.1 Å². The second-order valence-corrected chi connectivity index (χ2v) is 6.45. The average molecular weight is 382 g/mol. The fourth-order valence-corrected chi connectivity index (χ4v) is 2.95. The van der Waals surface area contributed by atoms with E-state index in [1.807, 2.05) is 6.07 Å². The van der Waals surface area contributed by atoms with Gasteiger partial charge < -0.3 is 15.8 Å². The summed E-state index contributed by atoms with van der Waals surface area (Å²) in [5.41, 5.74) is 7.67. The molecule has 7 nitrogen and oxygen atoms in total. The number of ether oxygens (including phenoxy) is 1. The average Bonchev–Trinajstić information content (AvgIpc) is 3.06. The number of halogens is 1. The lowest BCUT2D eigenvalue weighted by Crippen LogP contribution is -2.33. The summed E-state index contributed by atoms with van der Waals surface area (Å²) in [4.78, 5) is 24.4. The van der Waals surface area contributed by atoms with Gasteiger partial charge in [-0.25, -0.2) is 9.18 Å². The van der Waals surface area contributed by atoms with Crippen LogP contribution >= 0.6 is 0 Å². The molecular formula is C20H19FN4O3. The molecule has 1 heterocycles. The van der Waals surface area contributed by atoms with Crippen molar-refractivity contribution in [3.05, 3.63) is 53.8 Å². The van der Waals surface area contributed by atoms with Crippen LogP contribution in [0.5, 0.6) is 0 Å². The zero-order chi connectivity index (χ0) is 20.3. The van der Waals surface area contributed by atoms with Crippen molar-refractivity contribution in [2.75, 3.05) is 18.0 Å². The van der Waals surface area contributed by atoms with E-state index in [9.17, 15) is 14.0 Å². The lowest BCUT2D eigenvalue weighted by Gasteiger charge is -2.15. The number of nitriles is 1. The molecule has 1 unspecified atom stereocenters. The number of nitrogens with zero attached hydrogens (tertiary/aromatic N) is 2. The predicted octanol–water partition coefficient (Wildman–Crippen LogP) is 2.48. The first-order valence-electron chi connectivity index (χ1n) is 8.66. The van der Waals surface area contributed by atoms with Gasteiger partial charge in [0, 0.05) is 12.5 Å². The topological polar surface area (TPSA) is 108 Å². The Kier molecular flexibility index (Phi) is 5.57. The molecule has 144 valence electrons. The molecule has 0 aliphatic carbocycles. The third-order valence-corrected chi connectivity index (χ3v) is 4.44. The van der Waals surface area contributed by atoms with Gasteiger partial charge in [-0.1, -0.05) is 24.3 Å². The van der Waals surface area contributed by atoms with Crippen molar-refractivity contribution in [1.29, 1.82) is 5.26 Å². The summed E-state index contributed by atoms with van der Waals surface area (Å²) < 4.78 is 19.9. The number of benzene rings is 2. The first-order valence-corrected chi connectivity index (χ1v) is 8.66. The van der Waals surface area contributed by atoms with Crippen LogP contribution in [-0.2, 0) is 9.53 Å². The molecule has 0 spiro atoms. The number of amides is 2. The van der Waals surface area contributed by atoms with Gasteiger partial charge in [0.15, 0.2) is 0 Å². The SMILES string of the molecule is CC(=O)NC[C@H]1CN(c2ccc(-c3ccc(C(N)C#N)cc3)c(F)c2)C(=O)O1. The highest BCUT2D eigenvalue weighted by Gasteiger charge is 2.32. The van der Waals surface area contributed by atoms with Gasteiger partial charge in [-0.2, -0.15) is 5.26 Å². The Balaban J connectivity index is 1.76. The van der Waals surface area contributed by atoms with Crippen LogP contribution in [0, 0.1) is 17.1 Å². The Hall–Kier alpha value is -3.44. The third kappa shape index (κ3) is 4.10. The van der Waals surface area contributed by atoms with E-state index in [2.05, 4.69) is 5.32 Å². The zero-order valence-electron chi connectivity index (χ0n) is 15.2. The fourth-order valence-electron chi connectivity index (χ4n) is 2.95. The van der Waals surface area contributed by atoms with E-state index >= 15 is 0 Å². The summed E-state index contributed by atoms with van der Waals surface area (Å²) in [6, 6.07) is 12.5. The number of carbonyl (C=O) groups is 2. The number of hydrogen-bond acceptors (Lipinski definition) is 5. The summed E-state index contributed by atoms with van der Waals surface area (Å²) in [7, 11) is 0. The van der Waals surface area contributed by atoms with Gasteiger partial charge in [0.05, 0.1) is 24.8 Å². The van der Waals surface area contributed by atoms with Gasteiger partial charge in [0.2, 0.25) is 5.91 Å². The molecule has 3 N–H and O–H groups in total. The van der Waals surface area contributed by atoms with E-state index in [1.165, 1.54) is 17.9 Å². The molecule has 2 atom stereocenters. The maximum atomic E-state index is 14.7. The normalized spacial score (nSPS) is 17.0. The number of anilines is 1. The van der Waals surface area contributed by atoms with E-state index in [-0.39, 0.29) is 19.0 Å². The highest BCUT2D eigenvalue weighted by molar-refractivity contribution is 5.90. The second kappa shape index (κ2) is 8.06. The van der Waals surface area contributed by atoms with Crippen LogP contribution in [0.4, 0.5) is 14.9 Å². The van der Waals surface area contributed by atoms with Crippen LogP contribution in [-0.4, -0.2) is 31.2 Å². The molecule has 0 bridgehead atoms. The van der Waals surface area contributed by atoms with Crippen molar-refractivity contribution in [1.82, 2.24) is 5.32 Å². The Morgan fingerprint density at radius 2 is 2.11 bits per heavy atom. The fraction of sp³-hybridized carbons (Fsp3) is 0.250. The van der Waals surface area contributed by atoms with Crippen LogP contribution in [0.3, 0.4) is 0 Å². The van der Waals surface area contributed by atoms with Crippen molar-refractivity contribution >= 4 is 17.7 Å². The molecule has 2 amide bonds. The standard InChI is InChI=1S/C20H19FN4O3/c1-12(26)24-10-16-11-25(20(27)28-16)15-6-7-17(18(21)8-15)13-2-4-14(5-3-13)19(23)9-22/h2-8,16,19H,10-11,23H2,1H3,(H,24,26)/t16-,19?/m0/s1. The molecule has 0 saturated carbocycles. The summed E-state index contributed by atoms with van der Waals surface area (Å²) in [5.74, 6) is -0.709. The highest BCUT2D eigenvalue weighted by atomic mass is 19.1. The highest BCUT2D eigenvalue weighted by Crippen LogP contribution is 2.29.